The topological polar surface area (TPSA) is 58.6 Å². The average molecular weight is 415 g/mol. The van der Waals surface area contributed by atoms with E-state index in [0.29, 0.717) is 30.3 Å². The van der Waals surface area contributed by atoms with Crippen molar-refractivity contribution in [2.75, 3.05) is 18.1 Å². The number of rotatable bonds is 9. The smallest absolute Gasteiger partial charge is 0.254 e. The van der Waals surface area contributed by atoms with Gasteiger partial charge in [0, 0.05) is 24.7 Å². The van der Waals surface area contributed by atoms with E-state index in [0.717, 1.165) is 30.5 Å². The molecule has 29 heavy (non-hydrogen) atoms. The number of hydrogen-bond acceptors (Lipinski definition) is 3. The third-order valence-electron chi connectivity index (χ3n) is 4.99. The molecule has 1 N–H and O–H groups in total. The van der Waals surface area contributed by atoms with Crippen LogP contribution < -0.4 is 15.0 Å². The fraction of sp³-hybridized carbons (Fsp3) is 0.391. The van der Waals surface area contributed by atoms with Crippen LogP contribution in [0, 0.1) is 0 Å². The molecule has 1 aliphatic heterocycles. The Morgan fingerprint density at radius 3 is 2.72 bits per heavy atom. The number of halogens is 1. The van der Waals surface area contributed by atoms with Gasteiger partial charge in [-0.15, -0.1) is 0 Å². The summed E-state index contributed by atoms with van der Waals surface area (Å²) in [5, 5.41) is 3.38. The number of anilines is 1. The second-order valence-electron chi connectivity index (χ2n) is 7.25. The third-order valence-corrected chi connectivity index (χ3v) is 5.31. The normalized spacial score (nSPS) is 15.3. The summed E-state index contributed by atoms with van der Waals surface area (Å²) >= 11 is 6.11. The number of nitrogens with one attached hydrogen (secondary N) is 1. The molecule has 154 valence electrons. The molecule has 1 atom stereocenters. The maximum Gasteiger partial charge on any atom is 0.254 e. The van der Waals surface area contributed by atoms with Gasteiger partial charge in [0.1, 0.15) is 11.8 Å². The molecule has 1 heterocycles. The Morgan fingerprint density at radius 1 is 1.21 bits per heavy atom. The molecule has 0 aliphatic carbocycles. The highest BCUT2D eigenvalue weighted by Gasteiger charge is 2.37. The van der Waals surface area contributed by atoms with Crippen molar-refractivity contribution in [3.63, 3.8) is 0 Å². The minimum Gasteiger partial charge on any atom is -0.492 e. The molecule has 1 aliphatic rings. The number of amides is 2. The van der Waals surface area contributed by atoms with E-state index in [1.165, 1.54) is 12.5 Å². The molecule has 2 aromatic carbocycles. The van der Waals surface area contributed by atoms with Gasteiger partial charge in [0.05, 0.1) is 11.6 Å². The number of aryl methyl sites for hydroxylation is 1. The lowest BCUT2D eigenvalue weighted by atomic mass is 10.0. The zero-order valence-corrected chi connectivity index (χ0v) is 17.7. The number of carbonyl (C=O) groups is 2. The summed E-state index contributed by atoms with van der Waals surface area (Å²) < 4.78 is 5.73. The first-order valence-electron chi connectivity index (χ1n) is 10.1. The fourth-order valence-corrected chi connectivity index (χ4v) is 3.76. The van der Waals surface area contributed by atoms with E-state index in [2.05, 4.69) is 24.4 Å². The first-order chi connectivity index (χ1) is 14.0. The van der Waals surface area contributed by atoms with Gasteiger partial charge in [0.15, 0.2) is 0 Å². The van der Waals surface area contributed by atoms with Crippen LogP contribution in [0.1, 0.15) is 50.3 Å². The molecule has 2 amide bonds. The van der Waals surface area contributed by atoms with E-state index in [1.54, 1.807) is 11.0 Å². The first-order valence-corrected chi connectivity index (χ1v) is 10.5. The number of hydrogen-bond donors (Lipinski definition) is 1. The van der Waals surface area contributed by atoms with Crippen molar-refractivity contribution >= 4 is 29.1 Å². The molecule has 2 aromatic rings. The van der Waals surface area contributed by atoms with E-state index in [9.17, 15) is 9.59 Å². The highest BCUT2D eigenvalue weighted by Crippen LogP contribution is 2.37. The van der Waals surface area contributed by atoms with Gasteiger partial charge >= 0.3 is 0 Å². The van der Waals surface area contributed by atoms with Gasteiger partial charge in [0.2, 0.25) is 5.91 Å². The number of para-hydroxylation sites is 1. The molecule has 0 bridgehead atoms. The quantitative estimate of drug-likeness (QED) is 0.606. The van der Waals surface area contributed by atoms with E-state index in [4.69, 9.17) is 16.3 Å². The summed E-state index contributed by atoms with van der Waals surface area (Å²) in [7, 11) is 0. The monoisotopic (exact) mass is 414 g/mol. The van der Waals surface area contributed by atoms with Gasteiger partial charge in [0.25, 0.3) is 5.91 Å². The van der Waals surface area contributed by atoms with Crippen LogP contribution in [0.15, 0.2) is 42.5 Å². The summed E-state index contributed by atoms with van der Waals surface area (Å²) in [6, 6.07) is 12.8. The zero-order chi connectivity index (χ0) is 20.8. The average Bonchev–Trinajstić information content (AvgIpc) is 2.95. The minimum atomic E-state index is -0.617. The lowest BCUT2D eigenvalue weighted by molar-refractivity contribution is -0.126. The van der Waals surface area contributed by atoms with Gasteiger partial charge in [-0.1, -0.05) is 49.2 Å². The Bertz CT molecular complexity index is 884. The first kappa shape index (κ1) is 21.2. The van der Waals surface area contributed by atoms with Crippen molar-refractivity contribution < 1.29 is 14.3 Å². The minimum absolute atomic E-state index is 0.0967. The van der Waals surface area contributed by atoms with E-state index in [-0.39, 0.29) is 11.8 Å². The van der Waals surface area contributed by atoms with Gasteiger partial charge in [-0.2, -0.15) is 0 Å². The van der Waals surface area contributed by atoms with Crippen LogP contribution in [-0.2, 0) is 16.0 Å². The molecular weight excluding hydrogens is 388 g/mol. The van der Waals surface area contributed by atoms with Crippen molar-refractivity contribution in [1.29, 1.82) is 0 Å². The number of benzene rings is 2. The second-order valence-corrected chi connectivity index (χ2v) is 7.66. The Balaban J connectivity index is 1.69. The Labute approximate surface area is 177 Å². The fourth-order valence-electron chi connectivity index (χ4n) is 3.56. The summed E-state index contributed by atoms with van der Waals surface area (Å²) in [5.41, 5.74) is 2.94. The number of fused-ring (bicyclic) bond motifs is 1. The molecule has 3 rings (SSSR count). The van der Waals surface area contributed by atoms with Crippen LogP contribution in [0.25, 0.3) is 0 Å². The zero-order valence-electron chi connectivity index (χ0n) is 16.9. The molecule has 0 radical (unpaired) electrons. The van der Waals surface area contributed by atoms with Crippen molar-refractivity contribution in [3.8, 4) is 5.75 Å². The second kappa shape index (κ2) is 9.79. The summed E-state index contributed by atoms with van der Waals surface area (Å²) in [5.74, 6) is 0.330. The molecule has 5 nitrogen and oxygen atoms in total. The van der Waals surface area contributed by atoms with Crippen LogP contribution in [-0.4, -0.2) is 25.0 Å². The molecule has 6 heteroatoms. The van der Waals surface area contributed by atoms with E-state index >= 15 is 0 Å². The Hall–Kier alpha value is -2.53. The van der Waals surface area contributed by atoms with E-state index in [1.807, 2.05) is 24.3 Å². The molecule has 0 spiro atoms. The molecular formula is C23H27ClN2O3. The standard InChI is InChI=1S/C23H27ClN2O3/c1-3-4-8-17-11-12-20-18(15-17)22(25-16(2)27)23(28)26(20)13-7-14-29-21-10-6-5-9-19(21)24/h5-6,9-12,15,22H,3-4,7-8,13-14H2,1-2H3,(H,25,27)/t22-/m0/s1. The van der Waals surface area contributed by atoms with Crippen LogP contribution in [0.2, 0.25) is 5.02 Å². The maximum atomic E-state index is 13.0. The third kappa shape index (κ3) is 5.10. The van der Waals surface area contributed by atoms with Crippen LogP contribution in [0.3, 0.4) is 0 Å². The van der Waals surface area contributed by atoms with Crippen molar-refractivity contribution in [2.45, 2.75) is 45.6 Å². The summed E-state index contributed by atoms with van der Waals surface area (Å²) in [6.07, 6.45) is 3.83. The van der Waals surface area contributed by atoms with E-state index < -0.39 is 6.04 Å². The maximum absolute atomic E-state index is 13.0. The van der Waals surface area contributed by atoms with Crippen molar-refractivity contribution in [1.82, 2.24) is 5.32 Å². The lowest BCUT2D eigenvalue weighted by Gasteiger charge is -2.18. The van der Waals surface area contributed by atoms with Gasteiger partial charge < -0.3 is 15.0 Å². The van der Waals surface area contributed by atoms with Crippen molar-refractivity contribution in [3.05, 3.63) is 58.6 Å². The Kier molecular flexibility index (Phi) is 7.15. The number of unbranched alkanes of at least 4 members (excludes halogenated alkanes) is 1. The highest BCUT2D eigenvalue weighted by atomic mass is 35.5. The summed E-state index contributed by atoms with van der Waals surface area (Å²) in [4.78, 5) is 26.4. The predicted octanol–water partition coefficient (Wildman–Crippen LogP) is 4.68. The van der Waals surface area contributed by atoms with Crippen LogP contribution >= 0.6 is 11.6 Å². The predicted molar refractivity (Wildman–Crippen MR) is 116 cm³/mol. The molecule has 0 saturated carbocycles. The summed E-state index contributed by atoms with van der Waals surface area (Å²) in [6.45, 7) is 4.56. The highest BCUT2D eigenvalue weighted by molar-refractivity contribution is 6.32. The van der Waals surface area contributed by atoms with Crippen LogP contribution in [0.4, 0.5) is 5.69 Å². The largest absolute Gasteiger partial charge is 0.492 e. The number of nitrogens with zero attached hydrogens (tertiary/aromatic N) is 1. The Morgan fingerprint density at radius 2 is 2.00 bits per heavy atom. The van der Waals surface area contributed by atoms with Gasteiger partial charge in [-0.3, -0.25) is 9.59 Å². The SMILES string of the molecule is CCCCc1ccc2c(c1)[C@H](NC(C)=O)C(=O)N2CCCOc1ccccc1Cl. The van der Waals surface area contributed by atoms with Gasteiger partial charge in [-0.25, -0.2) is 0 Å². The molecule has 0 fully saturated rings. The van der Waals surface area contributed by atoms with Crippen LogP contribution in [0.5, 0.6) is 5.75 Å². The molecule has 0 saturated heterocycles. The number of carbonyl (C=O) groups excluding carboxylic acids is 2. The molecule has 0 unspecified atom stereocenters. The number of ether oxygens (including phenoxy) is 1. The lowest BCUT2D eigenvalue weighted by Crippen LogP contribution is -2.37. The van der Waals surface area contributed by atoms with Crippen molar-refractivity contribution in [2.24, 2.45) is 0 Å². The van der Waals surface area contributed by atoms with Gasteiger partial charge in [-0.05, 0) is 43.0 Å². The molecule has 0 aromatic heterocycles.